The van der Waals surface area contributed by atoms with Crippen molar-refractivity contribution in [3.05, 3.63) is 30.0 Å². The molecule has 0 amide bonds. The molecule has 0 N–H and O–H groups in total. The van der Waals surface area contributed by atoms with Crippen molar-refractivity contribution in [2.45, 2.75) is 33.2 Å². The number of aryl methyl sites for hydroxylation is 1. The van der Waals surface area contributed by atoms with Gasteiger partial charge in [-0.1, -0.05) is 32.0 Å². The second kappa shape index (κ2) is 3.45. The Morgan fingerprint density at radius 2 is 2.00 bits per heavy atom. The van der Waals surface area contributed by atoms with Crippen LogP contribution in [0.4, 0.5) is 0 Å². The summed E-state index contributed by atoms with van der Waals surface area (Å²) in [5.74, 6) is 0.530. The zero-order chi connectivity index (χ0) is 10.1. The average Bonchev–Trinajstić information content (AvgIpc) is 2.55. The molecule has 0 spiro atoms. The number of fused-ring (bicyclic) bond motifs is 1. The second-order valence-corrected chi connectivity index (χ2v) is 3.87. The fourth-order valence-electron chi connectivity index (χ4n) is 1.95. The van der Waals surface area contributed by atoms with Crippen LogP contribution in [0.5, 0.6) is 0 Å². The van der Waals surface area contributed by atoms with E-state index >= 15 is 0 Å². The number of nitrogens with zero attached hydrogens (tertiary/aromatic N) is 2. The Balaban J connectivity index is 2.74. The summed E-state index contributed by atoms with van der Waals surface area (Å²) < 4.78 is 2.11. The number of hydrogen-bond donors (Lipinski definition) is 0. The molecule has 0 saturated carbocycles. The van der Waals surface area contributed by atoms with Crippen molar-refractivity contribution in [2.75, 3.05) is 0 Å². The van der Waals surface area contributed by atoms with E-state index < -0.39 is 0 Å². The van der Waals surface area contributed by atoms with Gasteiger partial charge in [0.2, 0.25) is 0 Å². The number of aromatic nitrogens is 2. The topological polar surface area (TPSA) is 17.8 Å². The van der Waals surface area contributed by atoms with Crippen LogP contribution < -0.4 is 0 Å². The van der Waals surface area contributed by atoms with Gasteiger partial charge in [-0.15, -0.1) is 0 Å². The van der Waals surface area contributed by atoms with Crippen molar-refractivity contribution in [2.24, 2.45) is 0 Å². The first-order valence-corrected chi connectivity index (χ1v) is 5.19. The van der Waals surface area contributed by atoms with Crippen LogP contribution in [-0.2, 0) is 6.54 Å². The third-order valence-corrected chi connectivity index (χ3v) is 2.53. The lowest BCUT2D eigenvalue weighted by Gasteiger charge is -2.07. The maximum absolute atomic E-state index is 4.57. The molecule has 0 aliphatic heterocycles. The van der Waals surface area contributed by atoms with E-state index in [4.69, 9.17) is 0 Å². The van der Waals surface area contributed by atoms with Crippen molar-refractivity contribution in [3.8, 4) is 0 Å². The molecule has 1 aromatic heterocycles. The van der Waals surface area contributed by atoms with E-state index in [0.717, 1.165) is 12.1 Å². The number of rotatable bonds is 2. The largest absolute Gasteiger partial charge is 0.268 e. The van der Waals surface area contributed by atoms with Gasteiger partial charge >= 0.3 is 0 Å². The van der Waals surface area contributed by atoms with Crippen LogP contribution in [0.2, 0.25) is 0 Å². The van der Waals surface area contributed by atoms with Crippen molar-refractivity contribution in [3.63, 3.8) is 0 Å². The molecule has 0 aliphatic carbocycles. The summed E-state index contributed by atoms with van der Waals surface area (Å²) in [6.45, 7) is 7.52. The Kier molecular flexibility index (Phi) is 2.28. The van der Waals surface area contributed by atoms with E-state index in [1.165, 1.54) is 11.1 Å². The van der Waals surface area contributed by atoms with Crippen molar-refractivity contribution >= 4 is 10.9 Å². The summed E-state index contributed by atoms with van der Waals surface area (Å²) >= 11 is 0. The Bertz CT molecular complexity index is 441. The summed E-state index contributed by atoms with van der Waals surface area (Å²) in [6, 6.07) is 8.35. The minimum Gasteiger partial charge on any atom is -0.268 e. The minimum atomic E-state index is 0.530. The van der Waals surface area contributed by atoms with Crippen molar-refractivity contribution in [1.82, 2.24) is 9.78 Å². The van der Waals surface area contributed by atoms with Gasteiger partial charge in [0.25, 0.3) is 0 Å². The average molecular weight is 188 g/mol. The van der Waals surface area contributed by atoms with Gasteiger partial charge in [0.15, 0.2) is 0 Å². The highest BCUT2D eigenvalue weighted by atomic mass is 15.3. The van der Waals surface area contributed by atoms with Gasteiger partial charge in [0, 0.05) is 17.6 Å². The SMILES string of the molecule is CCn1nc2ccccc2c1C(C)C. The van der Waals surface area contributed by atoms with Gasteiger partial charge < -0.3 is 0 Å². The molecular formula is C12H16N2. The molecule has 2 heteroatoms. The molecule has 14 heavy (non-hydrogen) atoms. The predicted molar refractivity (Wildman–Crippen MR) is 59.5 cm³/mol. The predicted octanol–water partition coefficient (Wildman–Crippen LogP) is 3.18. The standard InChI is InChI=1S/C12H16N2/c1-4-14-12(9(2)3)10-7-5-6-8-11(10)13-14/h5-9H,4H2,1-3H3. The number of hydrogen-bond acceptors (Lipinski definition) is 1. The zero-order valence-corrected chi connectivity index (χ0v) is 8.99. The molecular weight excluding hydrogens is 172 g/mol. The first-order chi connectivity index (χ1) is 6.74. The highest BCUT2D eigenvalue weighted by Crippen LogP contribution is 2.24. The molecule has 2 rings (SSSR count). The summed E-state index contributed by atoms with van der Waals surface area (Å²) in [4.78, 5) is 0. The van der Waals surface area contributed by atoms with E-state index in [-0.39, 0.29) is 0 Å². The van der Waals surface area contributed by atoms with Gasteiger partial charge in [-0.05, 0) is 18.9 Å². The molecule has 0 bridgehead atoms. The van der Waals surface area contributed by atoms with Gasteiger partial charge in [-0.25, -0.2) is 0 Å². The van der Waals surface area contributed by atoms with E-state index in [9.17, 15) is 0 Å². The second-order valence-electron chi connectivity index (χ2n) is 3.87. The van der Waals surface area contributed by atoms with Crippen LogP contribution in [0.25, 0.3) is 10.9 Å². The molecule has 0 atom stereocenters. The summed E-state index contributed by atoms with van der Waals surface area (Å²) in [5, 5.41) is 5.86. The Hall–Kier alpha value is -1.31. The van der Waals surface area contributed by atoms with Gasteiger partial charge in [0.05, 0.1) is 5.52 Å². The molecule has 74 valence electrons. The lowest BCUT2D eigenvalue weighted by Crippen LogP contribution is -2.03. The first-order valence-electron chi connectivity index (χ1n) is 5.19. The van der Waals surface area contributed by atoms with Gasteiger partial charge in [0.1, 0.15) is 0 Å². The van der Waals surface area contributed by atoms with E-state index in [0.29, 0.717) is 5.92 Å². The molecule has 0 saturated heterocycles. The molecule has 0 aliphatic rings. The maximum atomic E-state index is 4.57. The third kappa shape index (κ3) is 1.31. The minimum absolute atomic E-state index is 0.530. The quantitative estimate of drug-likeness (QED) is 0.707. The monoisotopic (exact) mass is 188 g/mol. The zero-order valence-electron chi connectivity index (χ0n) is 8.99. The van der Waals surface area contributed by atoms with E-state index in [2.05, 4.69) is 48.8 Å². The summed E-state index contributed by atoms with van der Waals surface area (Å²) in [6.07, 6.45) is 0. The lowest BCUT2D eigenvalue weighted by atomic mass is 10.1. The summed E-state index contributed by atoms with van der Waals surface area (Å²) in [7, 11) is 0. The summed E-state index contributed by atoms with van der Waals surface area (Å²) in [5.41, 5.74) is 2.46. The molecule has 2 nitrogen and oxygen atoms in total. The third-order valence-electron chi connectivity index (χ3n) is 2.53. The van der Waals surface area contributed by atoms with E-state index in [1.807, 2.05) is 6.07 Å². The fraction of sp³-hybridized carbons (Fsp3) is 0.417. The van der Waals surface area contributed by atoms with Crippen LogP contribution >= 0.6 is 0 Å². The van der Waals surface area contributed by atoms with Gasteiger partial charge in [-0.3, -0.25) is 4.68 Å². The Morgan fingerprint density at radius 1 is 1.29 bits per heavy atom. The Labute approximate surface area is 84.5 Å². The normalized spacial score (nSPS) is 11.4. The van der Waals surface area contributed by atoms with Crippen LogP contribution in [-0.4, -0.2) is 9.78 Å². The van der Waals surface area contributed by atoms with Crippen molar-refractivity contribution in [1.29, 1.82) is 0 Å². The van der Waals surface area contributed by atoms with Gasteiger partial charge in [-0.2, -0.15) is 5.10 Å². The van der Waals surface area contributed by atoms with Crippen LogP contribution in [0.1, 0.15) is 32.4 Å². The molecule has 0 unspecified atom stereocenters. The Morgan fingerprint density at radius 3 is 2.64 bits per heavy atom. The highest BCUT2D eigenvalue weighted by Gasteiger charge is 2.11. The van der Waals surface area contributed by atoms with Crippen LogP contribution in [0.3, 0.4) is 0 Å². The molecule has 1 aromatic carbocycles. The molecule has 1 heterocycles. The molecule has 0 radical (unpaired) electrons. The smallest absolute Gasteiger partial charge is 0.0926 e. The van der Waals surface area contributed by atoms with Crippen LogP contribution in [0.15, 0.2) is 24.3 Å². The lowest BCUT2D eigenvalue weighted by molar-refractivity contribution is 0.605. The maximum Gasteiger partial charge on any atom is 0.0926 e. The molecule has 2 aromatic rings. The van der Waals surface area contributed by atoms with Crippen molar-refractivity contribution < 1.29 is 0 Å². The molecule has 0 fully saturated rings. The van der Waals surface area contributed by atoms with Crippen LogP contribution in [0, 0.1) is 0 Å². The highest BCUT2D eigenvalue weighted by molar-refractivity contribution is 5.81. The first kappa shape index (κ1) is 9.25. The number of benzene rings is 1. The van der Waals surface area contributed by atoms with E-state index in [1.54, 1.807) is 0 Å². The fourth-order valence-corrected chi connectivity index (χ4v) is 1.95.